The molecule has 0 aliphatic rings. The van der Waals surface area contributed by atoms with Crippen molar-refractivity contribution in [2.24, 2.45) is 0 Å². The second-order valence-corrected chi connectivity index (χ2v) is 4.77. The molecule has 0 aliphatic heterocycles. The average Bonchev–Trinajstić information content (AvgIpc) is 2.08. The number of amides is 2. The van der Waals surface area contributed by atoms with Gasteiger partial charge in [-0.1, -0.05) is 12.2 Å². The SMILES string of the molecule is C=C(C)CNC(=O)N(CC(=O)O)C(C)(C)C. The third kappa shape index (κ3) is 5.38. The van der Waals surface area contributed by atoms with Crippen molar-refractivity contribution >= 4 is 12.0 Å². The van der Waals surface area contributed by atoms with Crippen LogP contribution in [0.1, 0.15) is 27.7 Å². The van der Waals surface area contributed by atoms with Crippen molar-refractivity contribution < 1.29 is 14.7 Å². The molecule has 0 spiro atoms. The van der Waals surface area contributed by atoms with Crippen LogP contribution in [0.5, 0.6) is 0 Å². The summed E-state index contributed by atoms with van der Waals surface area (Å²) in [5.74, 6) is -1.03. The zero-order chi connectivity index (χ0) is 12.9. The molecule has 92 valence electrons. The molecule has 0 aromatic heterocycles. The van der Waals surface area contributed by atoms with E-state index in [1.165, 1.54) is 4.90 Å². The van der Waals surface area contributed by atoms with Crippen LogP contribution in [0.25, 0.3) is 0 Å². The first-order chi connectivity index (χ1) is 7.14. The number of carboxylic acid groups (broad SMARTS) is 1. The second kappa shape index (κ2) is 5.53. The average molecular weight is 228 g/mol. The van der Waals surface area contributed by atoms with Crippen LogP contribution in [0.4, 0.5) is 4.79 Å². The van der Waals surface area contributed by atoms with Gasteiger partial charge in [-0.3, -0.25) is 4.79 Å². The van der Waals surface area contributed by atoms with E-state index in [1.807, 2.05) is 0 Å². The number of carbonyl (C=O) groups excluding carboxylic acids is 1. The highest BCUT2D eigenvalue weighted by molar-refractivity contribution is 5.80. The molecule has 0 atom stereocenters. The van der Waals surface area contributed by atoms with Crippen LogP contribution in [0.2, 0.25) is 0 Å². The summed E-state index contributed by atoms with van der Waals surface area (Å²) in [6.45, 7) is 10.9. The van der Waals surface area contributed by atoms with Crippen LogP contribution >= 0.6 is 0 Å². The van der Waals surface area contributed by atoms with E-state index in [0.29, 0.717) is 6.54 Å². The number of rotatable bonds is 4. The normalized spacial score (nSPS) is 10.8. The van der Waals surface area contributed by atoms with Gasteiger partial charge in [0.25, 0.3) is 0 Å². The largest absolute Gasteiger partial charge is 0.480 e. The fourth-order valence-corrected chi connectivity index (χ4v) is 1.07. The van der Waals surface area contributed by atoms with Gasteiger partial charge in [-0.15, -0.1) is 0 Å². The maximum absolute atomic E-state index is 11.7. The molecule has 0 heterocycles. The lowest BCUT2D eigenvalue weighted by atomic mass is 10.1. The molecule has 2 N–H and O–H groups in total. The first-order valence-corrected chi connectivity index (χ1v) is 5.06. The molecule has 0 saturated carbocycles. The van der Waals surface area contributed by atoms with Crippen LogP contribution in [0, 0.1) is 0 Å². The van der Waals surface area contributed by atoms with Gasteiger partial charge in [0.15, 0.2) is 0 Å². The Balaban J connectivity index is 4.57. The van der Waals surface area contributed by atoms with E-state index in [1.54, 1.807) is 27.7 Å². The monoisotopic (exact) mass is 228 g/mol. The fourth-order valence-electron chi connectivity index (χ4n) is 1.07. The van der Waals surface area contributed by atoms with E-state index < -0.39 is 17.5 Å². The predicted octanol–water partition coefficient (Wildman–Crippen LogP) is 1.46. The van der Waals surface area contributed by atoms with E-state index in [9.17, 15) is 9.59 Å². The smallest absolute Gasteiger partial charge is 0.323 e. The van der Waals surface area contributed by atoms with Gasteiger partial charge in [0.05, 0.1) is 0 Å². The van der Waals surface area contributed by atoms with Crippen LogP contribution < -0.4 is 5.32 Å². The molecule has 5 nitrogen and oxygen atoms in total. The summed E-state index contributed by atoms with van der Waals surface area (Å²) in [6, 6.07) is -0.391. The number of hydrogen-bond donors (Lipinski definition) is 2. The fraction of sp³-hybridized carbons (Fsp3) is 0.636. The molecular weight excluding hydrogens is 208 g/mol. The molecule has 0 unspecified atom stereocenters. The van der Waals surface area contributed by atoms with Crippen molar-refractivity contribution in [3.05, 3.63) is 12.2 Å². The van der Waals surface area contributed by atoms with E-state index in [2.05, 4.69) is 11.9 Å². The third-order valence-corrected chi connectivity index (χ3v) is 1.89. The molecule has 5 heteroatoms. The van der Waals surface area contributed by atoms with Crippen molar-refractivity contribution in [1.82, 2.24) is 10.2 Å². The minimum atomic E-state index is -1.03. The topological polar surface area (TPSA) is 69.6 Å². The number of urea groups is 1. The van der Waals surface area contributed by atoms with Crippen LogP contribution in [0.3, 0.4) is 0 Å². The molecule has 0 saturated heterocycles. The van der Waals surface area contributed by atoms with E-state index in [-0.39, 0.29) is 6.54 Å². The number of nitrogens with zero attached hydrogens (tertiary/aromatic N) is 1. The second-order valence-electron chi connectivity index (χ2n) is 4.77. The Bertz CT molecular complexity index is 292. The molecule has 0 aliphatic carbocycles. The van der Waals surface area contributed by atoms with Crippen LogP contribution in [-0.2, 0) is 4.79 Å². The molecule has 0 aromatic rings. The summed E-state index contributed by atoms with van der Waals surface area (Å²) in [4.78, 5) is 23.7. The number of nitrogens with one attached hydrogen (secondary N) is 1. The summed E-state index contributed by atoms with van der Waals surface area (Å²) in [5.41, 5.74) is 0.287. The Kier molecular flexibility index (Phi) is 5.01. The summed E-state index contributed by atoms with van der Waals surface area (Å²) < 4.78 is 0. The minimum Gasteiger partial charge on any atom is -0.480 e. The molecule has 0 bridgehead atoms. The summed E-state index contributed by atoms with van der Waals surface area (Å²) in [5, 5.41) is 11.4. The summed E-state index contributed by atoms with van der Waals surface area (Å²) in [7, 11) is 0. The van der Waals surface area contributed by atoms with Gasteiger partial charge >= 0.3 is 12.0 Å². The molecular formula is C11H20N2O3. The van der Waals surface area contributed by atoms with Crippen molar-refractivity contribution in [3.63, 3.8) is 0 Å². The molecule has 0 fully saturated rings. The highest BCUT2D eigenvalue weighted by atomic mass is 16.4. The van der Waals surface area contributed by atoms with Gasteiger partial charge in [0, 0.05) is 12.1 Å². The van der Waals surface area contributed by atoms with Gasteiger partial charge < -0.3 is 15.3 Å². The third-order valence-electron chi connectivity index (χ3n) is 1.89. The number of hydrogen-bond acceptors (Lipinski definition) is 2. The molecule has 0 radical (unpaired) electrons. The van der Waals surface area contributed by atoms with Crippen molar-refractivity contribution in [2.75, 3.05) is 13.1 Å². The Morgan fingerprint density at radius 1 is 1.38 bits per heavy atom. The van der Waals surface area contributed by atoms with E-state index >= 15 is 0 Å². The Morgan fingerprint density at radius 2 is 1.88 bits per heavy atom. The number of carbonyl (C=O) groups is 2. The van der Waals surface area contributed by atoms with Gasteiger partial charge in [0.1, 0.15) is 6.54 Å². The molecule has 16 heavy (non-hydrogen) atoms. The van der Waals surface area contributed by atoms with Gasteiger partial charge in [0.2, 0.25) is 0 Å². The quantitative estimate of drug-likeness (QED) is 0.716. The lowest BCUT2D eigenvalue weighted by Crippen LogP contribution is -2.52. The van der Waals surface area contributed by atoms with E-state index in [4.69, 9.17) is 5.11 Å². The lowest BCUT2D eigenvalue weighted by Gasteiger charge is -2.34. The lowest BCUT2D eigenvalue weighted by molar-refractivity contribution is -0.138. The minimum absolute atomic E-state index is 0.314. The Hall–Kier alpha value is -1.52. The first kappa shape index (κ1) is 14.5. The van der Waals surface area contributed by atoms with E-state index in [0.717, 1.165) is 5.57 Å². The van der Waals surface area contributed by atoms with Crippen molar-refractivity contribution in [2.45, 2.75) is 33.2 Å². The maximum atomic E-state index is 11.7. The van der Waals surface area contributed by atoms with Gasteiger partial charge in [-0.05, 0) is 27.7 Å². The van der Waals surface area contributed by atoms with Crippen LogP contribution in [0.15, 0.2) is 12.2 Å². The molecule has 0 aromatic carbocycles. The van der Waals surface area contributed by atoms with Gasteiger partial charge in [-0.25, -0.2) is 4.79 Å². The Morgan fingerprint density at radius 3 is 2.19 bits per heavy atom. The highest BCUT2D eigenvalue weighted by Gasteiger charge is 2.27. The van der Waals surface area contributed by atoms with Crippen molar-refractivity contribution in [1.29, 1.82) is 0 Å². The van der Waals surface area contributed by atoms with Gasteiger partial charge in [-0.2, -0.15) is 0 Å². The van der Waals surface area contributed by atoms with Crippen LogP contribution in [-0.4, -0.2) is 40.6 Å². The number of aliphatic carboxylic acids is 1. The predicted molar refractivity (Wildman–Crippen MR) is 62.3 cm³/mol. The standard InChI is InChI=1S/C11H20N2O3/c1-8(2)6-12-10(16)13(7-9(14)15)11(3,4)5/h1,6-7H2,2-5H3,(H,12,16)(H,14,15). The van der Waals surface area contributed by atoms with Crippen molar-refractivity contribution in [3.8, 4) is 0 Å². The zero-order valence-corrected chi connectivity index (χ0v) is 10.3. The number of carboxylic acids is 1. The molecule has 2 amide bonds. The Labute approximate surface area is 96.1 Å². The summed E-state index contributed by atoms with van der Waals surface area (Å²) in [6.07, 6.45) is 0. The highest BCUT2D eigenvalue weighted by Crippen LogP contribution is 2.12. The molecule has 0 rings (SSSR count). The zero-order valence-electron chi connectivity index (χ0n) is 10.3. The first-order valence-electron chi connectivity index (χ1n) is 5.06. The maximum Gasteiger partial charge on any atom is 0.323 e. The summed E-state index contributed by atoms with van der Waals surface area (Å²) >= 11 is 0.